The number of hydrogen-bond donors (Lipinski definition) is 4. The van der Waals surface area contributed by atoms with Crippen LogP contribution in [0, 0.1) is 0 Å². The van der Waals surface area contributed by atoms with Crippen molar-refractivity contribution in [3.8, 4) is 11.1 Å². The van der Waals surface area contributed by atoms with Gasteiger partial charge in [0.05, 0.1) is 0 Å². The van der Waals surface area contributed by atoms with E-state index in [4.69, 9.17) is 11.6 Å². The van der Waals surface area contributed by atoms with Gasteiger partial charge in [-0.3, -0.25) is 14.6 Å². The summed E-state index contributed by atoms with van der Waals surface area (Å²) in [5.41, 5.74) is 3.35. The zero-order valence-corrected chi connectivity index (χ0v) is 18.2. The second-order valence-electron chi connectivity index (χ2n) is 8.38. The molecule has 1 saturated heterocycles. The molecule has 1 unspecified atom stereocenters. The first-order chi connectivity index (χ1) is 15.5. The summed E-state index contributed by atoms with van der Waals surface area (Å²) >= 11 is 6.31. The first kappa shape index (κ1) is 20.7. The van der Waals surface area contributed by atoms with Gasteiger partial charge >= 0.3 is 0 Å². The fourth-order valence-electron chi connectivity index (χ4n) is 4.50. The monoisotopic (exact) mass is 453 g/mol. The van der Waals surface area contributed by atoms with Crippen LogP contribution >= 0.6 is 11.6 Å². The SMILES string of the molecule is O=C1CCC(C(=O)NC2CCC(Nc3cc(-c4c[nH]c5nccnc45)cc(Cl)n3)CC2)N1. The van der Waals surface area contributed by atoms with Crippen molar-refractivity contribution in [2.24, 2.45) is 0 Å². The molecule has 0 radical (unpaired) electrons. The highest BCUT2D eigenvalue weighted by Crippen LogP contribution is 2.30. The minimum atomic E-state index is -0.387. The lowest BCUT2D eigenvalue weighted by molar-refractivity contribution is -0.126. The van der Waals surface area contributed by atoms with E-state index in [0.717, 1.165) is 48.0 Å². The van der Waals surface area contributed by atoms with Crippen molar-refractivity contribution in [2.75, 3.05) is 5.32 Å². The van der Waals surface area contributed by atoms with Crippen molar-refractivity contribution in [3.05, 3.63) is 35.9 Å². The van der Waals surface area contributed by atoms with Crippen molar-refractivity contribution in [2.45, 2.75) is 56.7 Å². The summed E-state index contributed by atoms with van der Waals surface area (Å²) in [6.07, 6.45) is 9.75. The second-order valence-corrected chi connectivity index (χ2v) is 8.77. The number of carbonyl (C=O) groups is 2. The third-order valence-electron chi connectivity index (χ3n) is 6.15. The number of nitrogens with one attached hydrogen (secondary N) is 4. The molecule has 32 heavy (non-hydrogen) atoms. The molecule has 2 amide bonds. The van der Waals surface area contributed by atoms with Crippen LogP contribution < -0.4 is 16.0 Å². The molecule has 1 saturated carbocycles. The molecule has 0 aromatic carbocycles. The Bertz CT molecular complexity index is 1160. The molecule has 2 fully saturated rings. The van der Waals surface area contributed by atoms with Crippen molar-refractivity contribution < 1.29 is 9.59 Å². The molecule has 0 spiro atoms. The Kier molecular flexibility index (Phi) is 5.65. The minimum absolute atomic E-state index is 0.0499. The number of rotatable bonds is 5. The number of hydrogen-bond acceptors (Lipinski definition) is 6. The van der Waals surface area contributed by atoms with Gasteiger partial charge in [0.2, 0.25) is 11.8 Å². The van der Waals surface area contributed by atoms with Gasteiger partial charge in [0.1, 0.15) is 22.5 Å². The molecule has 1 aliphatic carbocycles. The van der Waals surface area contributed by atoms with Crippen LogP contribution in [0.4, 0.5) is 5.82 Å². The molecule has 4 N–H and O–H groups in total. The Hall–Kier alpha value is -3.20. The van der Waals surface area contributed by atoms with E-state index in [1.165, 1.54) is 0 Å². The maximum atomic E-state index is 12.3. The summed E-state index contributed by atoms with van der Waals surface area (Å²) in [4.78, 5) is 40.0. The Morgan fingerprint density at radius 3 is 2.62 bits per heavy atom. The molecule has 9 nitrogen and oxygen atoms in total. The lowest BCUT2D eigenvalue weighted by Crippen LogP contribution is -2.47. The molecule has 5 rings (SSSR count). The Morgan fingerprint density at radius 1 is 1.06 bits per heavy atom. The van der Waals surface area contributed by atoms with Gasteiger partial charge in [0.15, 0.2) is 5.65 Å². The number of nitrogens with zero attached hydrogens (tertiary/aromatic N) is 3. The van der Waals surface area contributed by atoms with Crippen molar-refractivity contribution in [1.82, 2.24) is 30.6 Å². The molecule has 3 aromatic rings. The highest BCUT2D eigenvalue weighted by Gasteiger charge is 2.30. The number of amides is 2. The van der Waals surface area contributed by atoms with Crippen molar-refractivity contribution in [1.29, 1.82) is 0 Å². The van der Waals surface area contributed by atoms with E-state index < -0.39 is 0 Å². The predicted molar refractivity (Wildman–Crippen MR) is 121 cm³/mol. The average molecular weight is 454 g/mol. The lowest BCUT2D eigenvalue weighted by atomic mass is 9.91. The molecule has 1 aliphatic heterocycles. The van der Waals surface area contributed by atoms with Gasteiger partial charge in [-0.1, -0.05) is 11.6 Å². The number of aromatic nitrogens is 4. The number of fused-ring (bicyclic) bond motifs is 1. The zero-order chi connectivity index (χ0) is 22.1. The number of pyridine rings is 1. The van der Waals surface area contributed by atoms with Crippen molar-refractivity contribution in [3.63, 3.8) is 0 Å². The van der Waals surface area contributed by atoms with Crippen molar-refractivity contribution >= 4 is 40.4 Å². The molecule has 1 atom stereocenters. The highest BCUT2D eigenvalue weighted by atomic mass is 35.5. The number of carbonyl (C=O) groups excluding carboxylic acids is 2. The number of anilines is 1. The maximum Gasteiger partial charge on any atom is 0.242 e. The number of halogens is 1. The molecule has 10 heteroatoms. The molecule has 0 bridgehead atoms. The number of H-pyrrole nitrogens is 1. The quantitative estimate of drug-likeness (QED) is 0.440. The van der Waals surface area contributed by atoms with Gasteiger partial charge < -0.3 is 20.9 Å². The summed E-state index contributed by atoms with van der Waals surface area (Å²) in [6.45, 7) is 0. The summed E-state index contributed by atoms with van der Waals surface area (Å²) in [6, 6.07) is 3.78. The summed E-state index contributed by atoms with van der Waals surface area (Å²) in [5.74, 6) is 0.591. The first-order valence-electron chi connectivity index (χ1n) is 10.9. The van der Waals surface area contributed by atoms with E-state index in [-0.39, 0.29) is 29.9 Å². The molecular formula is C22H24ClN7O2. The zero-order valence-electron chi connectivity index (χ0n) is 17.4. The highest BCUT2D eigenvalue weighted by molar-refractivity contribution is 6.29. The third-order valence-corrected chi connectivity index (χ3v) is 6.34. The van der Waals surface area contributed by atoms with Crippen LogP contribution in [0.15, 0.2) is 30.7 Å². The average Bonchev–Trinajstić information content (AvgIpc) is 3.41. The van der Waals surface area contributed by atoms with Crippen LogP contribution in [0.5, 0.6) is 0 Å². The molecule has 166 valence electrons. The van der Waals surface area contributed by atoms with E-state index in [1.54, 1.807) is 12.4 Å². The summed E-state index contributed by atoms with van der Waals surface area (Å²) in [5, 5.41) is 9.71. The Morgan fingerprint density at radius 2 is 1.84 bits per heavy atom. The smallest absolute Gasteiger partial charge is 0.242 e. The minimum Gasteiger partial charge on any atom is -0.367 e. The Balaban J connectivity index is 1.21. The largest absolute Gasteiger partial charge is 0.367 e. The molecule has 3 aromatic heterocycles. The van der Waals surface area contributed by atoms with Crippen LogP contribution in [0.1, 0.15) is 38.5 Å². The Labute approximate surface area is 189 Å². The van der Waals surface area contributed by atoms with Crippen LogP contribution in [0.3, 0.4) is 0 Å². The normalized spacial score (nSPS) is 23.2. The topological polar surface area (TPSA) is 125 Å². The van der Waals surface area contributed by atoms with E-state index in [9.17, 15) is 9.59 Å². The summed E-state index contributed by atoms with van der Waals surface area (Å²) < 4.78 is 0. The van der Waals surface area contributed by atoms with Crippen LogP contribution in [0.25, 0.3) is 22.3 Å². The van der Waals surface area contributed by atoms with Gasteiger partial charge in [-0.25, -0.2) is 9.97 Å². The fraction of sp³-hybridized carbons (Fsp3) is 0.409. The van der Waals surface area contributed by atoms with E-state index in [2.05, 4.69) is 35.9 Å². The molecular weight excluding hydrogens is 430 g/mol. The first-order valence-corrected chi connectivity index (χ1v) is 11.3. The summed E-state index contributed by atoms with van der Waals surface area (Å²) in [7, 11) is 0. The van der Waals surface area contributed by atoms with Gasteiger partial charge in [-0.15, -0.1) is 0 Å². The van der Waals surface area contributed by atoms with Gasteiger partial charge in [-0.05, 0) is 49.8 Å². The standard InChI is InChI=1S/C22H24ClN7O2/c23-17-9-12(15-11-26-21-20(15)24-7-8-25-21)10-18(30-17)27-13-1-3-14(4-2-13)28-22(32)16-5-6-19(31)29-16/h7-11,13-14,16H,1-6H2,(H,25,26)(H,27,30)(H,28,32)(H,29,31). The third kappa shape index (κ3) is 4.38. The van der Waals surface area contributed by atoms with Crippen LogP contribution in [-0.4, -0.2) is 49.9 Å². The van der Waals surface area contributed by atoms with Gasteiger partial charge in [-0.2, -0.15) is 0 Å². The van der Waals surface area contributed by atoms with Crippen LogP contribution in [0.2, 0.25) is 5.15 Å². The molecule has 4 heterocycles. The molecule has 2 aliphatic rings. The fourth-order valence-corrected chi connectivity index (χ4v) is 4.71. The number of aromatic amines is 1. The van der Waals surface area contributed by atoms with Gasteiger partial charge in [0, 0.05) is 42.7 Å². The maximum absolute atomic E-state index is 12.3. The van der Waals surface area contributed by atoms with Gasteiger partial charge in [0.25, 0.3) is 0 Å². The lowest BCUT2D eigenvalue weighted by Gasteiger charge is -2.30. The second kappa shape index (κ2) is 8.74. The van der Waals surface area contributed by atoms with E-state index >= 15 is 0 Å². The van der Waals surface area contributed by atoms with Crippen LogP contribution in [-0.2, 0) is 9.59 Å². The predicted octanol–water partition coefficient (Wildman–Crippen LogP) is 2.79. The van der Waals surface area contributed by atoms with E-state index in [1.807, 2.05) is 18.3 Å². The van der Waals surface area contributed by atoms with E-state index in [0.29, 0.717) is 23.8 Å².